The number of aliphatic hydroxyl groups is 1. The van der Waals surface area contributed by atoms with Gasteiger partial charge in [-0.15, -0.1) is 0 Å². The predicted octanol–water partition coefficient (Wildman–Crippen LogP) is -1.26. The van der Waals surface area contributed by atoms with Crippen LogP contribution in [0, 0.1) is 18.8 Å². The topological polar surface area (TPSA) is 141 Å². The van der Waals surface area contributed by atoms with Crippen molar-refractivity contribution < 1.29 is 19.5 Å². The number of aromatic nitrogens is 2. The van der Waals surface area contributed by atoms with Crippen LogP contribution >= 0.6 is 0 Å². The van der Waals surface area contributed by atoms with E-state index in [0.717, 1.165) is 0 Å². The van der Waals surface area contributed by atoms with E-state index >= 15 is 0 Å². The summed E-state index contributed by atoms with van der Waals surface area (Å²) in [5.74, 6) is -5.34. The summed E-state index contributed by atoms with van der Waals surface area (Å²) in [6.07, 6.45) is 1.27. The van der Waals surface area contributed by atoms with Crippen LogP contribution in [0.4, 0.5) is 0 Å². The minimum Gasteiger partial charge on any atom is -0.389 e. The van der Waals surface area contributed by atoms with Gasteiger partial charge in [-0.1, -0.05) is 0 Å². The van der Waals surface area contributed by atoms with Crippen molar-refractivity contribution in [3.8, 4) is 0 Å². The molecule has 1 heterocycles. The molecule has 0 spiro atoms. The van der Waals surface area contributed by atoms with Gasteiger partial charge < -0.3 is 16.6 Å². The van der Waals surface area contributed by atoms with Gasteiger partial charge in [0.15, 0.2) is 0 Å². The van der Waals surface area contributed by atoms with Gasteiger partial charge in [-0.3, -0.25) is 19.1 Å². The number of nitrogens with zero attached hydrogens (tertiary/aromatic N) is 2. The molecule has 22 heavy (non-hydrogen) atoms. The number of nitrogens with two attached hydrogens (primary N) is 2. The maximum absolute atomic E-state index is 12.3. The summed E-state index contributed by atoms with van der Waals surface area (Å²) in [4.78, 5) is 36.0. The van der Waals surface area contributed by atoms with Gasteiger partial charge in [0.1, 0.15) is 11.7 Å². The second-order valence-corrected chi connectivity index (χ2v) is 6.13. The number of hydrogen-bond acceptors (Lipinski definition) is 5. The van der Waals surface area contributed by atoms with Crippen molar-refractivity contribution in [3.05, 3.63) is 17.5 Å². The highest BCUT2D eigenvalue weighted by molar-refractivity contribution is 6.04. The highest BCUT2D eigenvalue weighted by Crippen LogP contribution is 2.46. The smallest absolute Gasteiger partial charge is 0.228 e. The highest BCUT2D eigenvalue weighted by Gasteiger charge is 2.55. The number of aryl methyl sites for hydroxylation is 2. The fraction of sp³-hybridized carbons (Fsp3) is 0.571. The van der Waals surface area contributed by atoms with Crippen LogP contribution in [0.3, 0.4) is 0 Å². The lowest BCUT2D eigenvalue weighted by Crippen LogP contribution is -2.57. The summed E-state index contributed by atoms with van der Waals surface area (Å²) < 4.78 is 1.51. The van der Waals surface area contributed by atoms with Crippen LogP contribution in [0.15, 0.2) is 6.20 Å². The van der Waals surface area contributed by atoms with Crippen LogP contribution < -0.4 is 11.5 Å². The molecule has 1 aliphatic rings. The molecule has 2 rings (SSSR count). The number of rotatable bonds is 3. The molecule has 1 aromatic rings. The number of carbonyl (C=O) groups is 3. The Labute approximate surface area is 127 Å². The first-order valence-corrected chi connectivity index (χ1v) is 6.90. The minimum absolute atomic E-state index is 0.343. The molecular weight excluding hydrogens is 288 g/mol. The molecule has 0 saturated heterocycles. The van der Waals surface area contributed by atoms with Gasteiger partial charge in [-0.25, -0.2) is 0 Å². The van der Waals surface area contributed by atoms with Crippen LogP contribution in [0.2, 0.25) is 0 Å². The Balaban J connectivity index is 2.67. The van der Waals surface area contributed by atoms with Crippen molar-refractivity contribution >= 4 is 17.6 Å². The van der Waals surface area contributed by atoms with E-state index in [2.05, 4.69) is 5.10 Å². The van der Waals surface area contributed by atoms with Gasteiger partial charge >= 0.3 is 0 Å². The first-order chi connectivity index (χ1) is 10.1. The summed E-state index contributed by atoms with van der Waals surface area (Å²) >= 11 is 0. The van der Waals surface area contributed by atoms with Crippen LogP contribution in [-0.2, 0) is 21.4 Å². The summed E-state index contributed by atoms with van der Waals surface area (Å²) in [5.41, 5.74) is 10.2. The maximum Gasteiger partial charge on any atom is 0.228 e. The first kappa shape index (κ1) is 16.2. The van der Waals surface area contributed by atoms with E-state index in [1.54, 1.807) is 20.2 Å². The molecule has 4 atom stereocenters. The van der Waals surface area contributed by atoms with Crippen molar-refractivity contribution in [2.24, 2.45) is 30.4 Å². The Hall–Kier alpha value is -2.22. The molecule has 5 N–H and O–H groups in total. The fourth-order valence-electron chi connectivity index (χ4n) is 3.48. The largest absolute Gasteiger partial charge is 0.389 e. The Morgan fingerprint density at radius 2 is 2.00 bits per heavy atom. The van der Waals surface area contributed by atoms with Gasteiger partial charge in [0.05, 0.1) is 17.2 Å². The zero-order valence-corrected chi connectivity index (χ0v) is 12.7. The van der Waals surface area contributed by atoms with Crippen molar-refractivity contribution in [1.82, 2.24) is 9.78 Å². The monoisotopic (exact) mass is 308 g/mol. The Bertz CT molecular complexity index is 649. The highest BCUT2D eigenvalue weighted by atomic mass is 16.3. The standard InChI is InChI=1S/C14H20N4O4/c1-6-7(5-18(3)17-6)9-10(12(15)20)8(19)4-14(2,22)11(9)13(16)21/h5,9-11,22H,4H2,1-3H3,(H2,15,20)(H2,16,21)/t9-,10-,11+,14-/m1/s1. The molecule has 120 valence electrons. The van der Waals surface area contributed by atoms with Crippen LogP contribution in [0.1, 0.15) is 30.5 Å². The van der Waals surface area contributed by atoms with E-state index in [0.29, 0.717) is 11.3 Å². The number of hydrogen-bond donors (Lipinski definition) is 3. The second kappa shape index (κ2) is 5.20. The summed E-state index contributed by atoms with van der Waals surface area (Å²) in [6.45, 7) is 3.06. The van der Waals surface area contributed by atoms with E-state index in [4.69, 9.17) is 11.5 Å². The molecule has 0 aromatic carbocycles. The Kier molecular flexibility index (Phi) is 3.82. The molecular formula is C14H20N4O4. The molecule has 1 aromatic heterocycles. The maximum atomic E-state index is 12.3. The zero-order valence-electron chi connectivity index (χ0n) is 12.7. The normalized spacial score (nSPS) is 32.0. The molecule has 0 aliphatic heterocycles. The predicted molar refractivity (Wildman–Crippen MR) is 76.3 cm³/mol. The summed E-state index contributed by atoms with van der Waals surface area (Å²) in [6, 6.07) is 0. The van der Waals surface area contributed by atoms with E-state index in [9.17, 15) is 19.5 Å². The molecule has 0 bridgehead atoms. The number of Topliss-reactive ketones (excluding diaryl/α,β-unsaturated/α-hetero) is 1. The third-order valence-electron chi connectivity index (χ3n) is 4.29. The molecule has 1 aliphatic carbocycles. The van der Waals surface area contributed by atoms with E-state index in [-0.39, 0.29) is 6.42 Å². The van der Waals surface area contributed by atoms with Gasteiger partial charge in [0.2, 0.25) is 11.8 Å². The van der Waals surface area contributed by atoms with Crippen molar-refractivity contribution in [1.29, 1.82) is 0 Å². The lowest BCUT2D eigenvalue weighted by molar-refractivity contribution is -0.152. The molecule has 2 amide bonds. The van der Waals surface area contributed by atoms with Crippen LogP contribution in [0.25, 0.3) is 0 Å². The molecule has 8 nitrogen and oxygen atoms in total. The van der Waals surface area contributed by atoms with Gasteiger partial charge in [0, 0.05) is 25.6 Å². The van der Waals surface area contributed by atoms with E-state index in [1.807, 2.05) is 0 Å². The molecule has 1 saturated carbocycles. The molecule has 8 heteroatoms. The lowest BCUT2D eigenvalue weighted by atomic mass is 9.61. The third-order valence-corrected chi connectivity index (χ3v) is 4.29. The van der Waals surface area contributed by atoms with Gasteiger partial charge in [-0.05, 0) is 19.4 Å². The summed E-state index contributed by atoms with van der Waals surface area (Å²) in [5, 5.41) is 14.7. The van der Waals surface area contributed by atoms with Crippen molar-refractivity contribution in [2.75, 3.05) is 0 Å². The fourth-order valence-corrected chi connectivity index (χ4v) is 3.48. The van der Waals surface area contributed by atoms with Crippen LogP contribution in [-0.4, -0.2) is 38.1 Å². The molecule has 0 unspecified atom stereocenters. The Morgan fingerprint density at radius 1 is 1.41 bits per heavy atom. The van der Waals surface area contributed by atoms with Gasteiger partial charge in [0.25, 0.3) is 0 Å². The summed E-state index contributed by atoms with van der Waals surface area (Å²) in [7, 11) is 1.68. The minimum atomic E-state index is -1.64. The Morgan fingerprint density at radius 3 is 2.41 bits per heavy atom. The zero-order chi connectivity index (χ0) is 16.8. The van der Waals surface area contributed by atoms with Crippen molar-refractivity contribution in [2.45, 2.75) is 31.8 Å². The average molecular weight is 308 g/mol. The van der Waals surface area contributed by atoms with Crippen LogP contribution in [0.5, 0.6) is 0 Å². The SMILES string of the molecule is Cc1nn(C)cc1[C@@H]1[C@H](C(N)=O)C(=O)C[C@@](C)(O)[C@@H]1C(N)=O. The lowest BCUT2D eigenvalue weighted by Gasteiger charge is -2.43. The number of amides is 2. The van der Waals surface area contributed by atoms with E-state index in [1.165, 1.54) is 11.6 Å². The third kappa shape index (κ3) is 2.50. The van der Waals surface area contributed by atoms with Crippen molar-refractivity contribution in [3.63, 3.8) is 0 Å². The number of ketones is 1. The molecule has 1 fully saturated rings. The molecule has 0 radical (unpaired) electrons. The second-order valence-electron chi connectivity index (χ2n) is 6.13. The van der Waals surface area contributed by atoms with E-state index < -0.39 is 41.0 Å². The number of carbonyl (C=O) groups excluding carboxylic acids is 3. The average Bonchev–Trinajstić information content (AvgIpc) is 2.64. The van der Waals surface area contributed by atoms with Gasteiger partial charge in [-0.2, -0.15) is 5.10 Å². The first-order valence-electron chi connectivity index (χ1n) is 6.90. The number of primary amides is 2. The quantitative estimate of drug-likeness (QED) is 0.597.